The SMILES string of the molecule is CCn1cnnc1[C@H]1CN(C[C@@H](O)c2ccccc2)CCO1. The van der Waals surface area contributed by atoms with Crippen LogP contribution in [0.15, 0.2) is 36.7 Å². The number of nitrogens with zero attached hydrogens (tertiary/aromatic N) is 4. The average molecular weight is 302 g/mol. The van der Waals surface area contributed by atoms with Gasteiger partial charge in [0.25, 0.3) is 0 Å². The van der Waals surface area contributed by atoms with Crippen molar-refractivity contribution in [2.75, 3.05) is 26.2 Å². The number of morpholine rings is 1. The number of aliphatic hydroxyl groups is 1. The van der Waals surface area contributed by atoms with E-state index in [1.165, 1.54) is 0 Å². The molecule has 1 aromatic carbocycles. The predicted molar refractivity (Wildman–Crippen MR) is 82.2 cm³/mol. The highest BCUT2D eigenvalue weighted by Crippen LogP contribution is 2.22. The van der Waals surface area contributed by atoms with Crippen molar-refractivity contribution >= 4 is 0 Å². The van der Waals surface area contributed by atoms with Gasteiger partial charge in [-0.2, -0.15) is 0 Å². The molecule has 1 aliphatic rings. The van der Waals surface area contributed by atoms with Gasteiger partial charge < -0.3 is 14.4 Å². The Kier molecular flexibility index (Phi) is 4.82. The van der Waals surface area contributed by atoms with Crippen LogP contribution < -0.4 is 0 Å². The van der Waals surface area contributed by atoms with Gasteiger partial charge in [-0.1, -0.05) is 30.3 Å². The van der Waals surface area contributed by atoms with Gasteiger partial charge in [-0.3, -0.25) is 4.90 Å². The summed E-state index contributed by atoms with van der Waals surface area (Å²) in [7, 11) is 0. The zero-order valence-electron chi connectivity index (χ0n) is 12.8. The van der Waals surface area contributed by atoms with E-state index in [0.29, 0.717) is 13.2 Å². The Morgan fingerprint density at radius 2 is 2.18 bits per heavy atom. The molecule has 2 atom stereocenters. The molecular formula is C16H22N4O2. The molecule has 0 saturated carbocycles. The summed E-state index contributed by atoms with van der Waals surface area (Å²) < 4.78 is 7.84. The molecule has 0 bridgehead atoms. The third-order valence-corrected chi connectivity index (χ3v) is 4.04. The Morgan fingerprint density at radius 3 is 2.95 bits per heavy atom. The molecule has 0 aliphatic carbocycles. The van der Waals surface area contributed by atoms with E-state index in [2.05, 4.69) is 22.0 Å². The minimum atomic E-state index is -0.482. The van der Waals surface area contributed by atoms with E-state index in [-0.39, 0.29) is 6.10 Å². The number of ether oxygens (including phenoxy) is 1. The summed E-state index contributed by atoms with van der Waals surface area (Å²) in [4.78, 5) is 2.22. The topological polar surface area (TPSA) is 63.4 Å². The van der Waals surface area contributed by atoms with Gasteiger partial charge in [-0.05, 0) is 12.5 Å². The molecule has 6 nitrogen and oxygen atoms in total. The average Bonchev–Trinajstić information content (AvgIpc) is 3.04. The van der Waals surface area contributed by atoms with Crippen molar-refractivity contribution in [2.24, 2.45) is 0 Å². The monoisotopic (exact) mass is 302 g/mol. The van der Waals surface area contributed by atoms with Crippen LogP contribution in [0.25, 0.3) is 0 Å². The number of aryl methyl sites for hydroxylation is 1. The zero-order chi connectivity index (χ0) is 15.4. The molecule has 6 heteroatoms. The molecule has 118 valence electrons. The third kappa shape index (κ3) is 3.35. The molecule has 22 heavy (non-hydrogen) atoms. The first kappa shape index (κ1) is 15.1. The summed E-state index contributed by atoms with van der Waals surface area (Å²) in [6, 6.07) is 9.76. The van der Waals surface area contributed by atoms with E-state index < -0.39 is 6.10 Å². The molecule has 0 unspecified atom stereocenters. The fourth-order valence-corrected chi connectivity index (χ4v) is 2.81. The maximum Gasteiger partial charge on any atom is 0.163 e. The van der Waals surface area contributed by atoms with Crippen LogP contribution in [0, 0.1) is 0 Å². The third-order valence-electron chi connectivity index (χ3n) is 4.04. The van der Waals surface area contributed by atoms with Crippen molar-refractivity contribution in [3.8, 4) is 0 Å². The summed E-state index contributed by atoms with van der Waals surface area (Å²) in [6.45, 7) is 5.68. The number of β-amino-alcohol motifs (C(OH)–C–C–N with tert-alkyl or cyclic N) is 1. The lowest BCUT2D eigenvalue weighted by Gasteiger charge is -2.33. The molecule has 0 amide bonds. The second kappa shape index (κ2) is 7.00. The lowest BCUT2D eigenvalue weighted by Crippen LogP contribution is -2.41. The summed E-state index contributed by atoms with van der Waals surface area (Å²) in [6.07, 6.45) is 1.17. The predicted octanol–water partition coefficient (Wildman–Crippen LogP) is 1.40. The van der Waals surface area contributed by atoms with Crippen molar-refractivity contribution in [3.63, 3.8) is 0 Å². The summed E-state index contributed by atoms with van der Waals surface area (Å²) in [5.74, 6) is 0.862. The van der Waals surface area contributed by atoms with E-state index in [4.69, 9.17) is 4.74 Å². The van der Waals surface area contributed by atoms with Crippen LogP contribution >= 0.6 is 0 Å². The second-order valence-corrected chi connectivity index (χ2v) is 5.52. The Hall–Kier alpha value is -1.76. The van der Waals surface area contributed by atoms with E-state index in [9.17, 15) is 5.11 Å². The highest BCUT2D eigenvalue weighted by Gasteiger charge is 2.27. The summed E-state index contributed by atoms with van der Waals surface area (Å²) in [5.41, 5.74) is 0.947. The molecule has 1 aromatic heterocycles. The smallest absolute Gasteiger partial charge is 0.163 e. The van der Waals surface area contributed by atoms with Gasteiger partial charge in [-0.25, -0.2) is 0 Å². The molecule has 0 radical (unpaired) electrons. The van der Waals surface area contributed by atoms with Crippen LogP contribution in [-0.4, -0.2) is 51.0 Å². The van der Waals surface area contributed by atoms with Crippen molar-refractivity contribution in [2.45, 2.75) is 25.7 Å². The summed E-state index contributed by atoms with van der Waals surface area (Å²) >= 11 is 0. The van der Waals surface area contributed by atoms with E-state index in [1.807, 2.05) is 34.9 Å². The van der Waals surface area contributed by atoms with E-state index in [1.54, 1.807) is 6.33 Å². The molecule has 2 aromatic rings. The quantitative estimate of drug-likeness (QED) is 0.904. The molecule has 1 N–H and O–H groups in total. The van der Waals surface area contributed by atoms with Gasteiger partial charge in [0.05, 0.1) is 12.7 Å². The number of aliphatic hydroxyl groups excluding tert-OH is 1. The standard InChI is InChI=1S/C16H22N4O2/c1-2-20-12-17-18-16(20)15-11-19(8-9-22-15)10-14(21)13-6-4-3-5-7-13/h3-7,12,14-15,21H,2,8-11H2,1H3/t14-,15-/m1/s1. The Bertz CT molecular complexity index is 587. The fourth-order valence-electron chi connectivity index (χ4n) is 2.81. The zero-order valence-corrected chi connectivity index (χ0v) is 12.8. The minimum absolute atomic E-state index is 0.0841. The molecule has 0 spiro atoms. The first-order valence-electron chi connectivity index (χ1n) is 7.72. The van der Waals surface area contributed by atoms with Gasteiger partial charge in [0.1, 0.15) is 12.4 Å². The number of hydrogen-bond donors (Lipinski definition) is 1. The Morgan fingerprint density at radius 1 is 1.36 bits per heavy atom. The number of rotatable bonds is 5. The lowest BCUT2D eigenvalue weighted by atomic mass is 10.1. The maximum absolute atomic E-state index is 10.4. The van der Waals surface area contributed by atoms with Crippen LogP contribution in [-0.2, 0) is 11.3 Å². The Balaban J connectivity index is 1.63. The van der Waals surface area contributed by atoms with E-state index in [0.717, 1.165) is 31.0 Å². The highest BCUT2D eigenvalue weighted by atomic mass is 16.5. The Labute approximate surface area is 130 Å². The van der Waals surface area contributed by atoms with Crippen molar-refractivity contribution in [3.05, 3.63) is 48.0 Å². The van der Waals surface area contributed by atoms with Crippen molar-refractivity contribution in [1.82, 2.24) is 19.7 Å². The summed E-state index contributed by atoms with van der Waals surface area (Å²) in [5, 5.41) is 18.5. The molecular weight excluding hydrogens is 280 g/mol. The number of hydrogen-bond acceptors (Lipinski definition) is 5. The van der Waals surface area contributed by atoms with Gasteiger partial charge >= 0.3 is 0 Å². The molecule has 2 heterocycles. The molecule has 1 saturated heterocycles. The lowest BCUT2D eigenvalue weighted by molar-refractivity contribution is -0.0476. The van der Waals surface area contributed by atoms with Gasteiger partial charge in [-0.15, -0.1) is 10.2 Å². The van der Waals surface area contributed by atoms with Gasteiger partial charge in [0.15, 0.2) is 5.82 Å². The van der Waals surface area contributed by atoms with Crippen LogP contribution in [0.2, 0.25) is 0 Å². The van der Waals surface area contributed by atoms with Crippen molar-refractivity contribution < 1.29 is 9.84 Å². The number of aromatic nitrogens is 3. The highest BCUT2D eigenvalue weighted by molar-refractivity contribution is 5.17. The second-order valence-electron chi connectivity index (χ2n) is 5.52. The molecule has 1 fully saturated rings. The first-order chi connectivity index (χ1) is 10.8. The first-order valence-corrected chi connectivity index (χ1v) is 7.72. The molecule has 1 aliphatic heterocycles. The normalized spacial score (nSPS) is 20.9. The minimum Gasteiger partial charge on any atom is -0.387 e. The van der Waals surface area contributed by atoms with Crippen LogP contribution in [0.1, 0.15) is 30.5 Å². The molecule has 3 rings (SSSR count). The van der Waals surface area contributed by atoms with E-state index >= 15 is 0 Å². The maximum atomic E-state index is 10.4. The number of benzene rings is 1. The van der Waals surface area contributed by atoms with Gasteiger partial charge in [0, 0.05) is 26.2 Å². The largest absolute Gasteiger partial charge is 0.387 e. The fraction of sp³-hybridized carbons (Fsp3) is 0.500. The van der Waals surface area contributed by atoms with Gasteiger partial charge in [0.2, 0.25) is 0 Å². The van der Waals surface area contributed by atoms with Crippen LogP contribution in [0.4, 0.5) is 0 Å². The van der Waals surface area contributed by atoms with Crippen molar-refractivity contribution in [1.29, 1.82) is 0 Å². The van der Waals surface area contributed by atoms with Crippen LogP contribution in [0.3, 0.4) is 0 Å². The van der Waals surface area contributed by atoms with Crippen LogP contribution in [0.5, 0.6) is 0 Å².